The smallest absolute Gasteiger partial charge is 0.341 e. The van der Waals surface area contributed by atoms with Crippen LogP contribution in [0.15, 0.2) is 46.4 Å². The van der Waals surface area contributed by atoms with Crippen molar-refractivity contribution in [1.82, 2.24) is 0 Å². The number of carboxylic acids is 1. The van der Waals surface area contributed by atoms with Gasteiger partial charge in [0.25, 0.3) is 5.91 Å². The normalized spacial score (nSPS) is 10.7. The molecule has 0 radical (unpaired) electrons. The standard InChI is InChI=1S/C20H17BrN2O5/c1-12-5-3-4-6-16(12)23-20(26)14(10-22)7-13-8-17(27-2)18(9-15(13)21)28-11-19(24)25/h3-9H,11H2,1-2H3,(H,23,26)(H,24,25). The number of anilines is 1. The number of hydrogen-bond acceptors (Lipinski definition) is 5. The van der Waals surface area contributed by atoms with Crippen LogP contribution >= 0.6 is 15.9 Å². The van der Waals surface area contributed by atoms with Crippen molar-refractivity contribution in [2.24, 2.45) is 0 Å². The monoisotopic (exact) mass is 444 g/mol. The summed E-state index contributed by atoms with van der Waals surface area (Å²) in [7, 11) is 1.40. The molecule has 8 heteroatoms. The van der Waals surface area contributed by atoms with E-state index in [-0.39, 0.29) is 17.1 Å². The van der Waals surface area contributed by atoms with E-state index in [1.807, 2.05) is 25.1 Å². The van der Waals surface area contributed by atoms with Gasteiger partial charge >= 0.3 is 5.97 Å². The lowest BCUT2D eigenvalue weighted by molar-refractivity contribution is -0.139. The minimum atomic E-state index is -1.12. The second kappa shape index (κ2) is 9.58. The predicted octanol–water partition coefficient (Wildman–Crippen LogP) is 3.78. The van der Waals surface area contributed by atoms with Gasteiger partial charge in [-0.2, -0.15) is 5.26 Å². The van der Waals surface area contributed by atoms with Gasteiger partial charge in [-0.25, -0.2) is 4.79 Å². The van der Waals surface area contributed by atoms with Gasteiger partial charge < -0.3 is 19.9 Å². The number of methoxy groups -OCH3 is 1. The number of nitrogens with one attached hydrogen (secondary N) is 1. The number of para-hydroxylation sites is 1. The predicted molar refractivity (Wildman–Crippen MR) is 107 cm³/mol. The van der Waals surface area contributed by atoms with Crippen LogP contribution in [0, 0.1) is 18.3 Å². The molecule has 1 amide bonds. The molecule has 28 heavy (non-hydrogen) atoms. The molecule has 0 fully saturated rings. The van der Waals surface area contributed by atoms with Crippen LogP contribution in [0.25, 0.3) is 6.08 Å². The molecule has 2 aromatic carbocycles. The van der Waals surface area contributed by atoms with E-state index in [1.54, 1.807) is 18.2 Å². The Labute approximate surface area is 170 Å². The summed E-state index contributed by atoms with van der Waals surface area (Å²) in [5.41, 5.74) is 1.87. The van der Waals surface area contributed by atoms with E-state index in [2.05, 4.69) is 21.2 Å². The zero-order valence-electron chi connectivity index (χ0n) is 15.2. The molecule has 0 aliphatic carbocycles. The lowest BCUT2D eigenvalue weighted by atomic mass is 10.1. The summed E-state index contributed by atoms with van der Waals surface area (Å²) in [6, 6.07) is 12.2. The summed E-state index contributed by atoms with van der Waals surface area (Å²) in [6.07, 6.45) is 1.40. The van der Waals surface area contributed by atoms with E-state index >= 15 is 0 Å². The van der Waals surface area contributed by atoms with Gasteiger partial charge in [-0.3, -0.25) is 4.79 Å². The fraction of sp³-hybridized carbons (Fsp3) is 0.150. The number of amides is 1. The number of carbonyl (C=O) groups excluding carboxylic acids is 1. The van der Waals surface area contributed by atoms with Crippen LogP contribution in [-0.4, -0.2) is 30.7 Å². The Morgan fingerprint density at radius 1 is 1.29 bits per heavy atom. The molecule has 7 nitrogen and oxygen atoms in total. The number of aryl methyl sites for hydroxylation is 1. The number of carbonyl (C=O) groups is 2. The average Bonchev–Trinajstić information content (AvgIpc) is 2.67. The fourth-order valence-corrected chi connectivity index (χ4v) is 2.72. The second-order valence-electron chi connectivity index (χ2n) is 5.65. The van der Waals surface area contributed by atoms with E-state index in [4.69, 9.17) is 14.6 Å². The van der Waals surface area contributed by atoms with Crippen LogP contribution in [0.2, 0.25) is 0 Å². The Morgan fingerprint density at radius 2 is 2.00 bits per heavy atom. The third kappa shape index (κ3) is 5.34. The number of carboxylic acid groups (broad SMARTS) is 1. The summed E-state index contributed by atoms with van der Waals surface area (Å²) in [5.74, 6) is -1.18. The quantitative estimate of drug-likeness (QED) is 0.496. The first-order valence-electron chi connectivity index (χ1n) is 8.06. The number of benzene rings is 2. The maximum Gasteiger partial charge on any atom is 0.341 e. The highest BCUT2D eigenvalue weighted by Crippen LogP contribution is 2.34. The van der Waals surface area contributed by atoms with Crippen LogP contribution in [0.5, 0.6) is 11.5 Å². The van der Waals surface area contributed by atoms with Crippen molar-refractivity contribution in [3.63, 3.8) is 0 Å². The van der Waals surface area contributed by atoms with Crippen LogP contribution in [0.4, 0.5) is 5.69 Å². The Hall–Kier alpha value is -3.31. The van der Waals surface area contributed by atoms with E-state index in [0.29, 0.717) is 15.7 Å². The molecular weight excluding hydrogens is 428 g/mol. The summed E-state index contributed by atoms with van der Waals surface area (Å²) < 4.78 is 10.9. The maximum absolute atomic E-state index is 12.5. The van der Waals surface area contributed by atoms with E-state index in [9.17, 15) is 14.9 Å². The van der Waals surface area contributed by atoms with Crippen molar-refractivity contribution in [3.8, 4) is 17.6 Å². The van der Waals surface area contributed by atoms with Gasteiger partial charge in [0.15, 0.2) is 18.1 Å². The molecule has 2 aromatic rings. The molecule has 0 spiro atoms. The van der Waals surface area contributed by atoms with Crippen molar-refractivity contribution in [2.75, 3.05) is 19.0 Å². The molecule has 0 saturated heterocycles. The molecular formula is C20H17BrN2O5. The summed E-state index contributed by atoms with van der Waals surface area (Å²) in [6.45, 7) is 1.32. The maximum atomic E-state index is 12.5. The Balaban J connectivity index is 2.32. The van der Waals surface area contributed by atoms with Crippen molar-refractivity contribution in [2.45, 2.75) is 6.92 Å². The summed E-state index contributed by atoms with van der Waals surface area (Å²) in [4.78, 5) is 23.2. The van der Waals surface area contributed by atoms with Gasteiger partial charge in [-0.15, -0.1) is 0 Å². The van der Waals surface area contributed by atoms with Crippen molar-refractivity contribution >= 4 is 39.6 Å². The van der Waals surface area contributed by atoms with Gasteiger partial charge in [0.1, 0.15) is 11.6 Å². The molecule has 0 aliphatic heterocycles. The van der Waals surface area contributed by atoms with Gasteiger partial charge in [-0.05, 0) is 42.3 Å². The number of nitrogens with zero attached hydrogens (tertiary/aromatic N) is 1. The molecule has 0 aromatic heterocycles. The van der Waals surface area contributed by atoms with Gasteiger partial charge in [0.05, 0.1) is 7.11 Å². The van der Waals surface area contributed by atoms with Crippen LogP contribution < -0.4 is 14.8 Å². The Morgan fingerprint density at radius 3 is 2.61 bits per heavy atom. The van der Waals surface area contributed by atoms with E-state index in [0.717, 1.165) is 5.56 Å². The van der Waals surface area contributed by atoms with Gasteiger partial charge in [0.2, 0.25) is 0 Å². The molecule has 0 bridgehead atoms. The second-order valence-corrected chi connectivity index (χ2v) is 6.50. The van der Waals surface area contributed by atoms with Crippen LogP contribution in [-0.2, 0) is 9.59 Å². The molecule has 0 saturated carbocycles. The highest BCUT2D eigenvalue weighted by Gasteiger charge is 2.15. The minimum absolute atomic E-state index is 0.106. The topological polar surface area (TPSA) is 109 Å². The SMILES string of the molecule is COc1cc(C=C(C#N)C(=O)Nc2ccccc2C)c(Br)cc1OCC(=O)O. The lowest BCUT2D eigenvalue weighted by Gasteiger charge is -2.12. The van der Waals surface area contributed by atoms with E-state index < -0.39 is 18.5 Å². The largest absolute Gasteiger partial charge is 0.493 e. The molecule has 2 N–H and O–H groups in total. The van der Waals surface area contributed by atoms with Crippen molar-refractivity contribution in [3.05, 3.63) is 57.6 Å². The highest BCUT2D eigenvalue weighted by atomic mass is 79.9. The molecule has 144 valence electrons. The third-order valence-electron chi connectivity index (χ3n) is 3.69. The fourth-order valence-electron chi connectivity index (χ4n) is 2.28. The average molecular weight is 445 g/mol. The zero-order chi connectivity index (χ0) is 20.7. The summed E-state index contributed by atoms with van der Waals surface area (Å²) in [5, 5.41) is 20.9. The van der Waals surface area contributed by atoms with Crippen LogP contribution in [0.3, 0.4) is 0 Å². The zero-order valence-corrected chi connectivity index (χ0v) is 16.7. The Bertz CT molecular complexity index is 979. The van der Waals surface area contributed by atoms with Gasteiger partial charge in [0, 0.05) is 10.2 Å². The van der Waals surface area contributed by atoms with Crippen LogP contribution in [0.1, 0.15) is 11.1 Å². The number of aliphatic carboxylic acids is 1. The number of ether oxygens (including phenoxy) is 2. The lowest BCUT2D eigenvalue weighted by Crippen LogP contribution is -2.14. The summed E-state index contributed by atoms with van der Waals surface area (Å²) >= 11 is 3.33. The molecule has 2 rings (SSSR count). The third-order valence-corrected chi connectivity index (χ3v) is 4.38. The minimum Gasteiger partial charge on any atom is -0.493 e. The van der Waals surface area contributed by atoms with E-state index in [1.165, 1.54) is 19.3 Å². The number of rotatable bonds is 7. The van der Waals surface area contributed by atoms with Crippen molar-refractivity contribution < 1.29 is 24.2 Å². The first kappa shape index (κ1) is 21.0. The molecule has 0 unspecified atom stereocenters. The molecule has 0 heterocycles. The Kier molecular flexibility index (Phi) is 7.18. The number of halogens is 1. The molecule has 0 atom stereocenters. The highest BCUT2D eigenvalue weighted by molar-refractivity contribution is 9.10. The van der Waals surface area contributed by atoms with Crippen molar-refractivity contribution in [1.29, 1.82) is 5.26 Å². The first-order chi connectivity index (χ1) is 13.3. The first-order valence-corrected chi connectivity index (χ1v) is 8.86. The number of nitriles is 1. The molecule has 0 aliphatic rings. The van der Waals surface area contributed by atoms with Gasteiger partial charge in [-0.1, -0.05) is 34.1 Å². The number of hydrogen-bond donors (Lipinski definition) is 2.